The lowest BCUT2D eigenvalue weighted by molar-refractivity contribution is 0.548. The summed E-state index contributed by atoms with van der Waals surface area (Å²) in [6, 6.07) is 17.7. The van der Waals surface area contributed by atoms with E-state index in [1.165, 1.54) is 0 Å². The van der Waals surface area contributed by atoms with Crippen molar-refractivity contribution in [2.45, 2.75) is 13.0 Å². The number of hydrogen-bond donors (Lipinski definition) is 0. The summed E-state index contributed by atoms with van der Waals surface area (Å²) in [5, 5.41) is 12.7. The highest BCUT2D eigenvalue weighted by Gasteiger charge is 2.17. The van der Waals surface area contributed by atoms with Crippen molar-refractivity contribution in [1.29, 1.82) is 0 Å². The molecule has 1 unspecified atom stereocenters. The third-order valence-corrected chi connectivity index (χ3v) is 3.59. The molecule has 0 spiro atoms. The fourth-order valence-electron chi connectivity index (χ4n) is 2.15. The molecule has 0 bridgehead atoms. The van der Waals surface area contributed by atoms with Crippen LogP contribution in [0.25, 0.3) is 11.4 Å². The van der Waals surface area contributed by atoms with Gasteiger partial charge in [0.2, 0.25) is 0 Å². The van der Waals surface area contributed by atoms with Crippen LogP contribution in [0, 0.1) is 0 Å². The molecule has 3 rings (SSSR count). The molecule has 0 N–H and O–H groups in total. The summed E-state index contributed by atoms with van der Waals surface area (Å²) in [6.45, 7) is 2.06. The van der Waals surface area contributed by atoms with Crippen molar-refractivity contribution in [3.63, 3.8) is 0 Å². The van der Waals surface area contributed by atoms with Gasteiger partial charge in [0, 0.05) is 5.56 Å². The maximum Gasteiger partial charge on any atom is 0.184 e. The second kappa shape index (κ2) is 5.43. The van der Waals surface area contributed by atoms with Crippen molar-refractivity contribution in [2.24, 2.45) is 0 Å². The maximum absolute atomic E-state index is 6.23. The Balaban J connectivity index is 2.05. The minimum absolute atomic E-state index is 0.0393. The average molecular weight is 285 g/mol. The molecular formula is C15H13ClN4. The van der Waals surface area contributed by atoms with Gasteiger partial charge in [0.15, 0.2) is 5.82 Å². The lowest BCUT2D eigenvalue weighted by atomic mass is 10.1. The number of tetrazole rings is 1. The predicted octanol–water partition coefficient (Wildman–Crippen LogP) is 3.60. The quantitative estimate of drug-likeness (QED) is 0.738. The Labute approximate surface area is 122 Å². The van der Waals surface area contributed by atoms with Crippen molar-refractivity contribution < 1.29 is 0 Å². The summed E-state index contributed by atoms with van der Waals surface area (Å²) >= 11 is 6.23. The van der Waals surface area contributed by atoms with Gasteiger partial charge < -0.3 is 0 Å². The first-order chi connectivity index (χ1) is 9.77. The lowest BCUT2D eigenvalue weighted by Gasteiger charge is -2.14. The van der Waals surface area contributed by atoms with Gasteiger partial charge >= 0.3 is 0 Å². The van der Waals surface area contributed by atoms with Crippen LogP contribution in [0.3, 0.4) is 0 Å². The molecule has 0 saturated carbocycles. The van der Waals surface area contributed by atoms with E-state index in [2.05, 4.69) is 34.6 Å². The second-order valence-electron chi connectivity index (χ2n) is 4.51. The molecular weight excluding hydrogens is 272 g/mol. The first-order valence-corrected chi connectivity index (χ1v) is 6.73. The fourth-order valence-corrected chi connectivity index (χ4v) is 2.37. The minimum atomic E-state index is 0.0393. The van der Waals surface area contributed by atoms with Crippen LogP contribution >= 0.6 is 11.6 Å². The van der Waals surface area contributed by atoms with Gasteiger partial charge in [-0.3, -0.25) is 0 Å². The summed E-state index contributed by atoms with van der Waals surface area (Å²) in [5.74, 6) is 0.673. The molecule has 2 aromatic carbocycles. The van der Waals surface area contributed by atoms with Gasteiger partial charge in [-0.15, -0.1) is 5.10 Å². The normalized spacial score (nSPS) is 12.3. The minimum Gasteiger partial charge on any atom is -0.218 e. The van der Waals surface area contributed by atoms with E-state index >= 15 is 0 Å². The van der Waals surface area contributed by atoms with Crippen molar-refractivity contribution in [3.8, 4) is 11.4 Å². The van der Waals surface area contributed by atoms with E-state index in [-0.39, 0.29) is 6.04 Å². The van der Waals surface area contributed by atoms with E-state index in [9.17, 15) is 0 Å². The zero-order valence-corrected chi connectivity index (χ0v) is 11.7. The van der Waals surface area contributed by atoms with E-state index in [4.69, 9.17) is 11.6 Å². The molecule has 0 radical (unpaired) electrons. The molecule has 4 nitrogen and oxygen atoms in total. The Hall–Kier alpha value is -2.20. The fraction of sp³-hybridized carbons (Fsp3) is 0.133. The molecule has 1 aromatic heterocycles. The molecule has 0 aliphatic heterocycles. The Bertz CT molecular complexity index is 709. The number of hydrogen-bond acceptors (Lipinski definition) is 3. The summed E-state index contributed by atoms with van der Waals surface area (Å²) in [7, 11) is 0. The van der Waals surface area contributed by atoms with Crippen LogP contribution < -0.4 is 0 Å². The molecule has 20 heavy (non-hydrogen) atoms. The zero-order valence-electron chi connectivity index (χ0n) is 10.9. The molecule has 0 fully saturated rings. The number of nitrogens with zero attached hydrogens (tertiary/aromatic N) is 4. The largest absolute Gasteiger partial charge is 0.218 e. The highest BCUT2D eigenvalue weighted by molar-refractivity contribution is 6.33. The van der Waals surface area contributed by atoms with Gasteiger partial charge in [-0.1, -0.05) is 54.1 Å². The van der Waals surface area contributed by atoms with Crippen LogP contribution in [0.1, 0.15) is 18.5 Å². The molecule has 1 atom stereocenters. The van der Waals surface area contributed by atoms with Gasteiger partial charge in [0.05, 0.1) is 11.1 Å². The molecule has 0 aliphatic carbocycles. The van der Waals surface area contributed by atoms with E-state index in [0.29, 0.717) is 10.8 Å². The standard InChI is InChI=1S/C15H13ClN4/c1-11(12-7-3-2-4-8-12)20-15(17-18-19-20)13-9-5-6-10-14(13)16/h2-11H,1H3. The maximum atomic E-state index is 6.23. The Morgan fingerprint density at radius 2 is 1.70 bits per heavy atom. The van der Waals surface area contributed by atoms with Gasteiger partial charge in [-0.25, -0.2) is 4.68 Å². The topological polar surface area (TPSA) is 43.6 Å². The third kappa shape index (κ3) is 2.30. The first kappa shape index (κ1) is 12.8. The molecule has 3 aromatic rings. The summed E-state index contributed by atoms with van der Waals surface area (Å²) in [4.78, 5) is 0. The van der Waals surface area contributed by atoms with Crippen molar-refractivity contribution in [3.05, 3.63) is 65.2 Å². The van der Waals surface area contributed by atoms with Crippen molar-refractivity contribution >= 4 is 11.6 Å². The molecule has 1 heterocycles. The van der Waals surface area contributed by atoms with Crippen LogP contribution in [0.5, 0.6) is 0 Å². The van der Waals surface area contributed by atoms with E-state index < -0.39 is 0 Å². The third-order valence-electron chi connectivity index (χ3n) is 3.26. The Morgan fingerprint density at radius 1 is 1.00 bits per heavy atom. The van der Waals surface area contributed by atoms with Gasteiger partial charge in [0.25, 0.3) is 0 Å². The monoisotopic (exact) mass is 284 g/mol. The van der Waals surface area contributed by atoms with Crippen molar-refractivity contribution in [2.75, 3.05) is 0 Å². The van der Waals surface area contributed by atoms with Gasteiger partial charge in [-0.05, 0) is 35.0 Å². The highest BCUT2D eigenvalue weighted by atomic mass is 35.5. The van der Waals surface area contributed by atoms with Crippen LogP contribution in [0.2, 0.25) is 5.02 Å². The van der Waals surface area contributed by atoms with Gasteiger partial charge in [-0.2, -0.15) is 0 Å². The van der Waals surface area contributed by atoms with Crippen LogP contribution in [-0.2, 0) is 0 Å². The zero-order chi connectivity index (χ0) is 13.9. The highest BCUT2D eigenvalue weighted by Crippen LogP contribution is 2.28. The molecule has 0 saturated heterocycles. The van der Waals surface area contributed by atoms with Crippen LogP contribution in [0.4, 0.5) is 0 Å². The lowest BCUT2D eigenvalue weighted by Crippen LogP contribution is -2.10. The van der Waals surface area contributed by atoms with E-state index in [1.54, 1.807) is 4.68 Å². The van der Waals surface area contributed by atoms with E-state index in [0.717, 1.165) is 11.1 Å². The molecule has 0 aliphatic rings. The van der Waals surface area contributed by atoms with E-state index in [1.807, 2.05) is 42.5 Å². The first-order valence-electron chi connectivity index (χ1n) is 6.35. The number of benzene rings is 2. The molecule has 5 heteroatoms. The Kier molecular flexibility index (Phi) is 3.48. The molecule has 100 valence electrons. The summed E-state index contributed by atoms with van der Waals surface area (Å²) in [6.07, 6.45) is 0. The molecule has 0 amide bonds. The van der Waals surface area contributed by atoms with Crippen molar-refractivity contribution in [1.82, 2.24) is 20.2 Å². The summed E-state index contributed by atoms with van der Waals surface area (Å²) < 4.78 is 1.79. The number of halogens is 1. The Morgan fingerprint density at radius 3 is 2.45 bits per heavy atom. The van der Waals surface area contributed by atoms with Crippen LogP contribution in [0.15, 0.2) is 54.6 Å². The second-order valence-corrected chi connectivity index (χ2v) is 4.92. The van der Waals surface area contributed by atoms with Crippen LogP contribution in [-0.4, -0.2) is 20.2 Å². The smallest absolute Gasteiger partial charge is 0.184 e. The SMILES string of the molecule is CC(c1ccccc1)n1nnnc1-c1ccccc1Cl. The van der Waals surface area contributed by atoms with Gasteiger partial charge in [0.1, 0.15) is 0 Å². The number of aromatic nitrogens is 4. The average Bonchev–Trinajstić information content (AvgIpc) is 2.97. The summed E-state index contributed by atoms with van der Waals surface area (Å²) in [5.41, 5.74) is 1.98. The predicted molar refractivity (Wildman–Crippen MR) is 78.5 cm³/mol. The number of rotatable bonds is 3.